The molecule has 1 saturated heterocycles. The van der Waals surface area contributed by atoms with Gasteiger partial charge in [-0.1, -0.05) is 81.4 Å². The van der Waals surface area contributed by atoms with Crippen LogP contribution in [0.5, 0.6) is 0 Å². The van der Waals surface area contributed by atoms with Gasteiger partial charge >= 0.3 is 0 Å². The van der Waals surface area contributed by atoms with Gasteiger partial charge in [0.2, 0.25) is 0 Å². The molecule has 3 atom stereocenters. The Morgan fingerprint density at radius 3 is 2.17 bits per heavy atom. The summed E-state index contributed by atoms with van der Waals surface area (Å²) in [5, 5.41) is 11.4. The Morgan fingerprint density at radius 1 is 0.925 bits per heavy atom. The molecule has 3 N–H and O–H groups in total. The smallest absolute Gasteiger partial charge is 0.123 e. The summed E-state index contributed by atoms with van der Waals surface area (Å²) in [4.78, 5) is 2.43. The van der Waals surface area contributed by atoms with E-state index in [0.717, 1.165) is 63.8 Å². The highest BCUT2D eigenvalue weighted by Crippen LogP contribution is 2.33. The van der Waals surface area contributed by atoms with Crippen molar-refractivity contribution in [1.82, 2.24) is 20.9 Å². The van der Waals surface area contributed by atoms with E-state index in [4.69, 9.17) is 4.74 Å². The third-order valence-corrected chi connectivity index (χ3v) is 10.5. The monoisotopic (exact) mass is 586 g/mol. The molecule has 0 amide bonds. The van der Waals surface area contributed by atoms with E-state index in [1.54, 1.807) is 0 Å². The lowest BCUT2D eigenvalue weighted by Gasteiger charge is -2.41. The molecule has 0 aromatic heterocycles. The Kier molecular flexibility index (Phi) is 14.3. The van der Waals surface area contributed by atoms with E-state index >= 15 is 0 Å². The molecule has 7 heteroatoms. The van der Waals surface area contributed by atoms with Gasteiger partial charge in [0.1, 0.15) is 4.93 Å². The summed E-state index contributed by atoms with van der Waals surface area (Å²) in [6, 6.07) is 22.9. The number of nitrogens with one attached hydrogen (secondary N) is 3. The van der Waals surface area contributed by atoms with Gasteiger partial charge in [-0.3, -0.25) is 4.90 Å². The van der Waals surface area contributed by atoms with Gasteiger partial charge in [0.05, 0.1) is 6.61 Å². The first kappa shape index (κ1) is 33.4. The first-order chi connectivity index (χ1) is 19.2. The number of benzene rings is 2. The number of thioether (sulfide) groups is 2. The van der Waals surface area contributed by atoms with E-state index in [9.17, 15) is 0 Å². The summed E-state index contributed by atoms with van der Waals surface area (Å²) >= 11 is 3.97. The summed E-state index contributed by atoms with van der Waals surface area (Å²) in [5.41, 5.74) is 2.75. The number of hydrogen-bond acceptors (Lipinski definition) is 7. The number of rotatable bonds is 18. The minimum Gasteiger partial charge on any atom is -0.362 e. The fourth-order valence-electron chi connectivity index (χ4n) is 5.01. The van der Waals surface area contributed by atoms with Crippen LogP contribution in [-0.4, -0.2) is 78.6 Å². The van der Waals surface area contributed by atoms with Gasteiger partial charge in [-0.05, 0) is 38.3 Å². The second kappa shape index (κ2) is 17.2. The first-order valence-corrected chi connectivity index (χ1v) is 17.1. The molecular weight excluding hydrogens is 533 g/mol. The number of nitrogens with zero attached hydrogens (tertiary/aromatic N) is 1. The quantitative estimate of drug-likeness (QED) is 0.185. The van der Waals surface area contributed by atoms with Crippen molar-refractivity contribution in [2.45, 2.75) is 87.3 Å². The van der Waals surface area contributed by atoms with Crippen LogP contribution in [-0.2, 0) is 16.2 Å². The fraction of sp³-hybridized carbons (Fsp3) is 0.636. The van der Waals surface area contributed by atoms with E-state index in [1.807, 2.05) is 23.5 Å². The van der Waals surface area contributed by atoms with Crippen LogP contribution in [0.15, 0.2) is 60.7 Å². The molecule has 1 heterocycles. The van der Waals surface area contributed by atoms with Gasteiger partial charge in [0, 0.05) is 73.6 Å². The number of hydrogen-bond donors (Lipinski definition) is 3. The predicted molar refractivity (Wildman–Crippen MR) is 177 cm³/mol. The summed E-state index contributed by atoms with van der Waals surface area (Å²) in [6.07, 6.45) is 1.13. The van der Waals surface area contributed by atoms with Crippen molar-refractivity contribution in [3.63, 3.8) is 0 Å². The van der Waals surface area contributed by atoms with E-state index in [0.29, 0.717) is 18.1 Å². The van der Waals surface area contributed by atoms with Crippen molar-refractivity contribution >= 4 is 23.5 Å². The molecule has 2 aromatic rings. The third-order valence-electron chi connectivity index (χ3n) is 7.66. The molecule has 1 fully saturated rings. The highest BCUT2D eigenvalue weighted by atomic mass is 32.2. The van der Waals surface area contributed by atoms with E-state index in [2.05, 4.69) is 123 Å². The Balaban J connectivity index is 1.44. The van der Waals surface area contributed by atoms with Crippen LogP contribution in [0.2, 0.25) is 0 Å². The molecule has 2 aromatic carbocycles. The summed E-state index contributed by atoms with van der Waals surface area (Å²) in [6.45, 7) is 20.5. The van der Waals surface area contributed by atoms with Crippen LogP contribution in [0.4, 0.5) is 0 Å². The molecular formula is C33H54N4OS2. The lowest BCUT2D eigenvalue weighted by atomic mass is 10.0. The third kappa shape index (κ3) is 12.0. The summed E-state index contributed by atoms with van der Waals surface area (Å²) in [7, 11) is 0. The SMILES string of the molecule is CCC(CN1CCOC(C)(SCc2ccccc2)C1)NCCNC(CNC(C)C)C(C)(C)SCc1ccccc1. The number of ether oxygens (including phenoxy) is 1. The lowest BCUT2D eigenvalue weighted by Crippen LogP contribution is -2.54. The van der Waals surface area contributed by atoms with Crippen molar-refractivity contribution in [2.75, 3.05) is 45.9 Å². The Hall–Kier alpha value is -1.06. The van der Waals surface area contributed by atoms with Crippen molar-refractivity contribution in [3.05, 3.63) is 71.8 Å². The minimum absolute atomic E-state index is 0.109. The van der Waals surface area contributed by atoms with Gasteiger partial charge in [-0.25, -0.2) is 0 Å². The molecule has 224 valence electrons. The molecule has 40 heavy (non-hydrogen) atoms. The summed E-state index contributed by atoms with van der Waals surface area (Å²) in [5.74, 6) is 2.02. The largest absolute Gasteiger partial charge is 0.362 e. The van der Waals surface area contributed by atoms with Crippen molar-refractivity contribution < 1.29 is 4.74 Å². The maximum Gasteiger partial charge on any atom is 0.123 e. The standard InChI is InChI=1S/C33H54N4OS2/c1-7-30(23-37-20-21-38-33(6,26-37)40-25-29-16-12-9-13-17-29)34-18-19-35-31(22-36-27(2)3)32(4,5)39-24-28-14-10-8-11-15-28/h8-17,27,30-31,34-36H,7,18-26H2,1-6H3. The molecule has 0 saturated carbocycles. The van der Waals surface area contributed by atoms with Crippen LogP contribution in [0.3, 0.4) is 0 Å². The van der Waals surface area contributed by atoms with Crippen molar-refractivity contribution in [2.24, 2.45) is 0 Å². The zero-order valence-corrected chi connectivity index (χ0v) is 27.4. The highest BCUT2D eigenvalue weighted by molar-refractivity contribution is 8.00. The average molecular weight is 587 g/mol. The number of morpholine rings is 1. The van der Waals surface area contributed by atoms with E-state index < -0.39 is 0 Å². The van der Waals surface area contributed by atoms with Crippen LogP contribution >= 0.6 is 23.5 Å². The average Bonchev–Trinajstić information content (AvgIpc) is 2.95. The van der Waals surface area contributed by atoms with Crippen molar-refractivity contribution in [3.8, 4) is 0 Å². The second-order valence-corrected chi connectivity index (χ2v) is 15.1. The molecule has 0 aliphatic carbocycles. The Bertz CT molecular complexity index is 946. The van der Waals surface area contributed by atoms with Gasteiger partial charge in [0.25, 0.3) is 0 Å². The molecule has 1 aliphatic heterocycles. The maximum atomic E-state index is 6.26. The molecule has 0 radical (unpaired) electrons. The molecule has 0 bridgehead atoms. The van der Waals surface area contributed by atoms with Crippen LogP contribution in [0.1, 0.15) is 59.1 Å². The van der Waals surface area contributed by atoms with Gasteiger partial charge in [-0.2, -0.15) is 0 Å². The molecule has 3 unspecified atom stereocenters. The lowest BCUT2D eigenvalue weighted by molar-refractivity contribution is -0.0429. The molecule has 1 aliphatic rings. The van der Waals surface area contributed by atoms with Gasteiger partial charge in [0.15, 0.2) is 0 Å². The zero-order chi connectivity index (χ0) is 28.8. The Labute approximate surface area is 253 Å². The Morgan fingerprint density at radius 2 is 1.55 bits per heavy atom. The zero-order valence-electron chi connectivity index (χ0n) is 25.7. The topological polar surface area (TPSA) is 48.6 Å². The first-order valence-electron chi connectivity index (χ1n) is 15.1. The highest BCUT2D eigenvalue weighted by Gasteiger charge is 2.33. The van der Waals surface area contributed by atoms with Crippen LogP contribution < -0.4 is 16.0 Å². The maximum absolute atomic E-state index is 6.26. The normalized spacial score (nSPS) is 20.1. The summed E-state index contributed by atoms with van der Waals surface area (Å²) < 4.78 is 6.37. The predicted octanol–water partition coefficient (Wildman–Crippen LogP) is 6.00. The molecule has 0 spiro atoms. The van der Waals surface area contributed by atoms with E-state index in [-0.39, 0.29) is 9.68 Å². The van der Waals surface area contributed by atoms with Gasteiger partial charge in [-0.15, -0.1) is 23.5 Å². The second-order valence-electron chi connectivity index (χ2n) is 12.0. The van der Waals surface area contributed by atoms with Gasteiger partial charge < -0.3 is 20.7 Å². The minimum atomic E-state index is -0.159. The van der Waals surface area contributed by atoms with Crippen molar-refractivity contribution in [1.29, 1.82) is 0 Å². The molecule has 5 nitrogen and oxygen atoms in total. The van der Waals surface area contributed by atoms with E-state index in [1.165, 1.54) is 11.1 Å². The van der Waals surface area contributed by atoms with Crippen LogP contribution in [0.25, 0.3) is 0 Å². The fourth-order valence-corrected chi connectivity index (χ4v) is 7.21. The molecule has 3 rings (SSSR count). The van der Waals surface area contributed by atoms with Crippen LogP contribution in [0, 0.1) is 0 Å².